The summed E-state index contributed by atoms with van der Waals surface area (Å²) in [5, 5.41) is 15.7. The number of piperazine rings is 1. The fourth-order valence-corrected chi connectivity index (χ4v) is 7.09. The number of aliphatic hydroxyl groups excluding tert-OH is 1. The van der Waals surface area contributed by atoms with Crippen LogP contribution in [0.15, 0.2) is 55.1 Å². The highest BCUT2D eigenvalue weighted by molar-refractivity contribution is 5.95. The molecule has 1 saturated heterocycles. The Morgan fingerprint density at radius 1 is 1.18 bits per heavy atom. The van der Waals surface area contributed by atoms with Crippen molar-refractivity contribution in [2.45, 2.75) is 58.8 Å². The molecule has 45 heavy (non-hydrogen) atoms. The van der Waals surface area contributed by atoms with Crippen molar-refractivity contribution in [3.05, 3.63) is 83.3 Å². The maximum absolute atomic E-state index is 16.5. The second-order valence-corrected chi connectivity index (χ2v) is 12.5. The Morgan fingerprint density at radius 2 is 1.98 bits per heavy atom. The number of halogens is 1. The lowest BCUT2D eigenvalue weighted by Crippen LogP contribution is -2.64. The highest BCUT2D eigenvalue weighted by atomic mass is 19.1. The number of amides is 1. The molecule has 3 aromatic heterocycles. The van der Waals surface area contributed by atoms with Crippen molar-refractivity contribution >= 4 is 34.1 Å². The zero-order valence-electron chi connectivity index (χ0n) is 26.1. The first-order valence-electron chi connectivity index (χ1n) is 15.3. The van der Waals surface area contributed by atoms with Gasteiger partial charge in [-0.2, -0.15) is 0 Å². The topological polar surface area (TPSA) is 114 Å². The zero-order chi connectivity index (χ0) is 31.7. The molecule has 0 bridgehead atoms. The van der Waals surface area contributed by atoms with Gasteiger partial charge in [0.05, 0.1) is 46.2 Å². The van der Waals surface area contributed by atoms with Gasteiger partial charge < -0.3 is 25.2 Å². The zero-order valence-corrected chi connectivity index (χ0v) is 26.1. The number of anilines is 2. The van der Waals surface area contributed by atoms with Gasteiger partial charge in [-0.3, -0.25) is 14.7 Å². The van der Waals surface area contributed by atoms with Crippen LogP contribution in [0, 0.1) is 19.7 Å². The van der Waals surface area contributed by atoms with Crippen LogP contribution < -0.4 is 10.2 Å². The minimum absolute atomic E-state index is 0.0471. The van der Waals surface area contributed by atoms with E-state index in [-0.39, 0.29) is 29.6 Å². The average Bonchev–Trinajstić information content (AvgIpc) is 3.50. The number of aliphatic hydroxyl groups is 1. The molecule has 0 spiro atoms. The van der Waals surface area contributed by atoms with Crippen molar-refractivity contribution in [1.82, 2.24) is 35.1 Å². The second-order valence-electron chi connectivity index (χ2n) is 12.5. The van der Waals surface area contributed by atoms with Gasteiger partial charge in [-0.05, 0) is 62.1 Å². The van der Waals surface area contributed by atoms with Gasteiger partial charge in [0, 0.05) is 43.0 Å². The molecular weight excluding hydrogens is 571 g/mol. The van der Waals surface area contributed by atoms with Crippen LogP contribution in [0.1, 0.15) is 49.1 Å². The fourth-order valence-electron chi connectivity index (χ4n) is 7.09. The molecule has 11 heteroatoms. The number of hydrogen-bond donors (Lipinski definition) is 3. The number of carbonyl (C=O) groups excluding carboxylic acids is 1. The molecule has 1 aromatic carbocycles. The Bertz CT molecular complexity index is 1900. The van der Waals surface area contributed by atoms with E-state index < -0.39 is 12.0 Å². The molecule has 0 radical (unpaired) electrons. The molecule has 3 N–H and O–H groups in total. The number of benzene rings is 1. The summed E-state index contributed by atoms with van der Waals surface area (Å²) in [6.07, 6.45) is 3.56. The van der Waals surface area contributed by atoms with Gasteiger partial charge in [0.25, 0.3) is 0 Å². The number of hydrogen-bond acceptors (Lipinski definition) is 8. The van der Waals surface area contributed by atoms with Crippen molar-refractivity contribution in [2.75, 3.05) is 24.5 Å². The Morgan fingerprint density at radius 3 is 2.73 bits per heavy atom. The Balaban J connectivity index is 1.48. The van der Waals surface area contributed by atoms with Gasteiger partial charge in [-0.25, -0.2) is 14.4 Å². The van der Waals surface area contributed by atoms with Crippen LogP contribution in [0.4, 0.5) is 15.9 Å². The highest BCUT2D eigenvalue weighted by Crippen LogP contribution is 2.48. The number of aromatic nitrogens is 4. The summed E-state index contributed by atoms with van der Waals surface area (Å²) in [6.45, 7) is 15.2. The van der Waals surface area contributed by atoms with Crippen LogP contribution >= 0.6 is 0 Å². The van der Waals surface area contributed by atoms with Gasteiger partial charge in [-0.1, -0.05) is 26.5 Å². The van der Waals surface area contributed by atoms with Crippen LogP contribution in [0.3, 0.4) is 0 Å². The van der Waals surface area contributed by atoms with Crippen molar-refractivity contribution in [2.24, 2.45) is 0 Å². The Hall–Kier alpha value is -4.77. The molecule has 232 valence electrons. The van der Waals surface area contributed by atoms with Crippen LogP contribution in [-0.2, 0) is 4.79 Å². The van der Waals surface area contributed by atoms with E-state index in [1.807, 2.05) is 43.9 Å². The number of aromatic amines is 1. The van der Waals surface area contributed by atoms with Crippen LogP contribution in [-0.4, -0.2) is 78.7 Å². The van der Waals surface area contributed by atoms with Crippen molar-refractivity contribution < 1.29 is 14.3 Å². The number of H-pyrrole nitrogens is 1. The van der Waals surface area contributed by atoms with Crippen molar-refractivity contribution in [1.29, 1.82) is 0 Å². The summed E-state index contributed by atoms with van der Waals surface area (Å²) in [5.74, 6) is -0.128. The van der Waals surface area contributed by atoms with E-state index in [1.54, 1.807) is 17.4 Å². The quantitative estimate of drug-likeness (QED) is 0.285. The van der Waals surface area contributed by atoms with E-state index in [2.05, 4.69) is 40.6 Å². The maximum Gasteiger partial charge on any atom is 0.246 e. The van der Waals surface area contributed by atoms with Gasteiger partial charge in [0.2, 0.25) is 5.91 Å². The molecule has 1 fully saturated rings. The predicted octanol–water partition coefficient (Wildman–Crippen LogP) is 4.73. The number of nitrogens with zero attached hydrogens (tertiary/aromatic N) is 6. The summed E-state index contributed by atoms with van der Waals surface area (Å²) in [7, 11) is 0. The van der Waals surface area contributed by atoms with Crippen LogP contribution in [0.2, 0.25) is 0 Å². The number of aryl methyl sites for hydroxylation is 2. The Labute approximate surface area is 261 Å². The van der Waals surface area contributed by atoms with E-state index in [0.29, 0.717) is 53.5 Å². The molecule has 0 saturated carbocycles. The normalized spacial score (nSPS) is 21.1. The minimum atomic E-state index is -1.15. The molecule has 0 aliphatic carbocycles. The van der Waals surface area contributed by atoms with Gasteiger partial charge in [-0.15, -0.1) is 0 Å². The average molecular weight is 609 g/mol. The van der Waals surface area contributed by atoms with Gasteiger partial charge in [0.15, 0.2) is 6.23 Å². The summed E-state index contributed by atoms with van der Waals surface area (Å²) in [4.78, 5) is 35.9. The van der Waals surface area contributed by atoms with Crippen LogP contribution in [0.5, 0.6) is 0 Å². The highest BCUT2D eigenvalue weighted by Gasteiger charge is 2.45. The van der Waals surface area contributed by atoms with Crippen molar-refractivity contribution in [3.8, 4) is 11.3 Å². The lowest BCUT2D eigenvalue weighted by Gasteiger charge is -2.52. The molecule has 6 heterocycles. The molecular formula is C34H37FN8O2. The molecule has 4 aromatic rings. The Kier molecular flexibility index (Phi) is 6.88. The van der Waals surface area contributed by atoms with Gasteiger partial charge in [0.1, 0.15) is 17.3 Å². The summed E-state index contributed by atoms with van der Waals surface area (Å²) >= 11 is 0. The summed E-state index contributed by atoms with van der Waals surface area (Å²) in [5.41, 5.74) is 7.30. The van der Waals surface area contributed by atoms with E-state index >= 15 is 4.39 Å². The lowest BCUT2D eigenvalue weighted by molar-refractivity contribution is -0.131. The lowest BCUT2D eigenvalue weighted by atomic mass is 9.93. The monoisotopic (exact) mass is 608 g/mol. The van der Waals surface area contributed by atoms with E-state index in [4.69, 9.17) is 9.97 Å². The number of rotatable bonds is 4. The largest absolute Gasteiger partial charge is 0.381 e. The van der Waals surface area contributed by atoms with Gasteiger partial charge >= 0.3 is 0 Å². The third kappa shape index (κ3) is 4.40. The molecule has 3 atom stereocenters. The maximum atomic E-state index is 16.5. The third-order valence-corrected chi connectivity index (χ3v) is 9.29. The SMILES string of the molecule is C=CC(=O)N1CC2CNC3=C(c4cc(F)c(-c5c(C)ccc6[nH]cnc56)nc4N(c4c(C)ccnc4C(C)C)C3O)N2CC1C. The predicted molar refractivity (Wildman–Crippen MR) is 172 cm³/mol. The first-order valence-corrected chi connectivity index (χ1v) is 15.3. The minimum Gasteiger partial charge on any atom is -0.381 e. The third-order valence-electron chi connectivity index (χ3n) is 9.29. The molecule has 10 nitrogen and oxygen atoms in total. The van der Waals surface area contributed by atoms with Crippen molar-refractivity contribution in [3.63, 3.8) is 0 Å². The van der Waals surface area contributed by atoms with E-state index in [0.717, 1.165) is 28.0 Å². The fraction of sp³-hybridized carbons (Fsp3) is 0.353. The first-order chi connectivity index (χ1) is 21.6. The number of carbonyl (C=O) groups is 1. The number of fused-ring (bicyclic) bond motifs is 5. The molecule has 3 unspecified atom stereocenters. The summed E-state index contributed by atoms with van der Waals surface area (Å²) < 4.78 is 16.5. The first kappa shape index (κ1) is 29.0. The number of nitrogens with one attached hydrogen (secondary N) is 2. The molecule has 7 rings (SSSR count). The summed E-state index contributed by atoms with van der Waals surface area (Å²) in [6, 6.07) is 7.08. The molecule has 3 aliphatic heterocycles. The second kappa shape index (κ2) is 10.7. The number of imidazole rings is 1. The van der Waals surface area contributed by atoms with E-state index in [9.17, 15) is 9.90 Å². The smallest absolute Gasteiger partial charge is 0.246 e. The number of pyridine rings is 2. The molecule has 3 aliphatic rings. The van der Waals surface area contributed by atoms with E-state index in [1.165, 1.54) is 12.1 Å². The molecule has 1 amide bonds. The standard InChI is InChI=1S/C34H37FN8O2/c1-7-25(44)41-15-21-13-37-30-32(42(21)14-20(41)6)22-12-23(35)28(26-18(4)8-9-24-29(26)39-16-38-24)40-33(22)43(34(30)45)31-19(5)10-11-36-27(31)17(2)3/h7-12,16-17,20-21,34,37,45H,1,13-15H2,2-6H3,(H,38,39). The van der Waals surface area contributed by atoms with Crippen LogP contribution in [0.25, 0.3) is 28.0 Å².